The fraction of sp³-hybridized carbons (Fsp3) is 0.167. The summed E-state index contributed by atoms with van der Waals surface area (Å²) < 4.78 is 1.77. The standard InChI is InChI=1S/C12H10Cl2N2O/c1-8-15-4-5-16(8)7-12(17)10-3-2-9(13)6-11(10)14/h2-6H,7H2,1H3. The number of aryl methyl sites for hydroxylation is 1. The van der Waals surface area contributed by atoms with Crippen LogP contribution in [0.2, 0.25) is 10.0 Å². The lowest BCUT2D eigenvalue weighted by Gasteiger charge is -2.06. The second kappa shape index (κ2) is 4.90. The Morgan fingerprint density at radius 2 is 2.18 bits per heavy atom. The summed E-state index contributed by atoms with van der Waals surface area (Å²) in [5.74, 6) is 0.733. The van der Waals surface area contributed by atoms with E-state index >= 15 is 0 Å². The Morgan fingerprint density at radius 1 is 1.41 bits per heavy atom. The Labute approximate surface area is 109 Å². The Kier molecular flexibility index (Phi) is 3.50. The van der Waals surface area contributed by atoms with Crippen molar-refractivity contribution in [3.8, 4) is 0 Å². The number of hydrogen-bond acceptors (Lipinski definition) is 2. The molecule has 0 unspecified atom stereocenters. The molecular weight excluding hydrogens is 259 g/mol. The quantitative estimate of drug-likeness (QED) is 0.800. The second-order valence-electron chi connectivity index (χ2n) is 3.65. The maximum absolute atomic E-state index is 12.0. The van der Waals surface area contributed by atoms with Gasteiger partial charge in [-0.25, -0.2) is 4.98 Å². The molecule has 0 amide bonds. The lowest BCUT2D eigenvalue weighted by Crippen LogP contribution is -2.11. The zero-order valence-corrected chi connectivity index (χ0v) is 10.7. The van der Waals surface area contributed by atoms with Gasteiger partial charge in [0.1, 0.15) is 5.82 Å². The summed E-state index contributed by atoms with van der Waals surface area (Å²) in [6, 6.07) is 4.86. The third-order valence-electron chi connectivity index (χ3n) is 2.47. The van der Waals surface area contributed by atoms with Crippen LogP contribution in [0.25, 0.3) is 0 Å². The van der Waals surface area contributed by atoms with Gasteiger partial charge < -0.3 is 4.57 Å². The Balaban J connectivity index is 2.23. The highest BCUT2D eigenvalue weighted by Gasteiger charge is 2.12. The number of nitrogens with zero attached hydrogens (tertiary/aromatic N) is 2. The van der Waals surface area contributed by atoms with Crippen molar-refractivity contribution in [1.29, 1.82) is 0 Å². The van der Waals surface area contributed by atoms with Crippen LogP contribution in [-0.2, 0) is 6.54 Å². The van der Waals surface area contributed by atoms with Crippen LogP contribution in [0.1, 0.15) is 16.2 Å². The summed E-state index contributed by atoms with van der Waals surface area (Å²) in [6.45, 7) is 2.07. The van der Waals surface area contributed by atoms with Crippen LogP contribution in [0.15, 0.2) is 30.6 Å². The summed E-state index contributed by atoms with van der Waals surface area (Å²) in [5.41, 5.74) is 0.476. The SMILES string of the molecule is Cc1nccn1CC(=O)c1ccc(Cl)cc1Cl. The van der Waals surface area contributed by atoms with E-state index in [1.54, 1.807) is 35.2 Å². The molecule has 0 radical (unpaired) electrons. The molecule has 2 rings (SSSR count). The second-order valence-corrected chi connectivity index (χ2v) is 4.49. The van der Waals surface area contributed by atoms with Crippen LogP contribution >= 0.6 is 23.2 Å². The van der Waals surface area contributed by atoms with E-state index in [4.69, 9.17) is 23.2 Å². The molecule has 2 aromatic rings. The molecule has 0 atom stereocenters. The highest BCUT2D eigenvalue weighted by Crippen LogP contribution is 2.21. The molecule has 3 nitrogen and oxygen atoms in total. The van der Waals surface area contributed by atoms with Gasteiger partial charge in [0.15, 0.2) is 5.78 Å². The molecule has 0 saturated carbocycles. The monoisotopic (exact) mass is 268 g/mol. The first-order valence-electron chi connectivity index (χ1n) is 5.04. The molecule has 1 aromatic heterocycles. The van der Waals surface area contributed by atoms with Crippen molar-refractivity contribution < 1.29 is 4.79 Å². The van der Waals surface area contributed by atoms with Crippen molar-refractivity contribution in [3.63, 3.8) is 0 Å². The minimum atomic E-state index is -0.0623. The van der Waals surface area contributed by atoms with Gasteiger partial charge in [-0.15, -0.1) is 0 Å². The fourth-order valence-electron chi connectivity index (χ4n) is 1.53. The van der Waals surface area contributed by atoms with Gasteiger partial charge >= 0.3 is 0 Å². The largest absolute Gasteiger partial charge is 0.327 e. The molecule has 88 valence electrons. The van der Waals surface area contributed by atoms with E-state index in [-0.39, 0.29) is 12.3 Å². The van der Waals surface area contributed by atoms with E-state index in [9.17, 15) is 4.79 Å². The maximum Gasteiger partial charge on any atom is 0.184 e. The van der Waals surface area contributed by atoms with Crippen LogP contribution in [0.3, 0.4) is 0 Å². The molecule has 0 N–H and O–H groups in total. The van der Waals surface area contributed by atoms with E-state index in [2.05, 4.69) is 4.98 Å². The minimum absolute atomic E-state index is 0.0623. The van der Waals surface area contributed by atoms with E-state index in [1.807, 2.05) is 6.92 Å². The number of carbonyl (C=O) groups is 1. The summed E-state index contributed by atoms with van der Waals surface area (Å²) in [5, 5.41) is 0.894. The molecule has 0 aliphatic carbocycles. The van der Waals surface area contributed by atoms with Gasteiger partial charge in [-0.1, -0.05) is 23.2 Å². The van der Waals surface area contributed by atoms with Crippen LogP contribution in [0.5, 0.6) is 0 Å². The number of imidazole rings is 1. The van der Waals surface area contributed by atoms with Gasteiger partial charge in [0, 0.05) is 23.0 Å². The molecule has 0 bridgehead atoms. The summed E-state index contributed by atoms with van der Waals surface area (Å²) in [6.07, 6.45) is 3.42. The Hall–Kier alpha value is -1.32. The van der Waals surface area contributed by atoms with Gasteiger partial charge in [-0.05, 0) is 25.1 Å². The van der Waals surface area contributed by atoms with Crippen molar-refractivity contribution in [2.45, 2.75) is 13.5 Å². The predicted molar refractivity (Wildman–Crippen MR) is 67.8 cm³/mol. The topological polar surface area (TPSA) is 34.9 Å². The lowest BCUT2D eigenvalue weighted by molar-refractivity contribution is 0.0971. The van der Waals surface area contributed by atoms with Gasteiger partial charge in [0.25, 0.3) is 0 Å². The fourth-order valence-corrected chi connectivity index (χ4v) is 2.04. The number of aromatic nitrogens is 2. The number of hydrogen-bond donors (Lipinski definition) is 0. The Morgan fingerprint density at radius 3 is 2.76 bits per heavy atom. The van der Waals surface area contributed by atoms with Crippen molar-refractivity contribution in [2.24, 2.45) is 0 Å². The Bertz CT molecular complexity index is 563. The summed E-state index contributed by atoms with van der Waals surface area (Å²) in [4.78, 5) is 16.1. The average molecular weight is 269 g/mol. The molecular formula is C12H10Cl2N2O. The molecule has 1 heterocycles. The predicted octanol–water partition coefficient (Wildman–Crippen LogP) is 3.38. The van der Waals surface area contributed by atoms with Crippen LogP contribution in [-0.4, -0.2) is 15.3 Å². The molecule has 0 aliphatic rings. The molecule has 0 spiro atoms. The maximum atomic E-state index is 12.0. The molecule has 17 heavy (non-hydrogen) atoms. The third kappa shape index (κ3) is 2.68. The first-order valence-corrected chi connectivity index (χ1v) is 5.79. The minimum Gasteiger partial charge on any atom is -0.327 e. The van der Waals surface area contributed by atoms with E-state index in [0.717, 1.165) is 5.82 Å². The molecule has 1 aromatic carbocycles. The van der Waals surface area contributed by atoms with E-state index < -0.39 is 0 Å². The van der Waals surface area contributed by atoms with Crippen LogP contribution in [0.4, 0.5) is 0 Å². The first kappa shape index (κ1) is 12.1. The number of rotatable bonds is 3. The first-order chi connectivity index (χ1) is 8.08. The van der Waals surface area contributed by atoms with Crippen LogP contribution < -0.4 is 0 Å². The number of halogens is 2. The highest BCUT2D eigenvalue weighted by atomic mass is 35.5. The number of Topliss-reactive ketones (excluding diaryl/α,β-unsaturated/α-hetero) is 1. The molecule has 5 heteroatoms. The molecule has 0 fully saturated rings. The smallest absolute Gasteiger partial charge is 0.184 e. The van der Waals surface area contributed by atoms with E-state index in [1.165, 1.54) is 0 Å². The third-order valence-corrected chi connectivity index (χ3v) is 3.02. The normalized spacial score (nSPS) is 10.5. The number of carbonyl (C=O) groups excluding carboxylic acids is 1. The van der Waals surface area contributed by atoms with Crippen molar-refractivity contribution in [3.05, 3.63) is 52.0 Å². The van der Waals surface area contributed by atoms with Crippen LogP contribution in [0, 0.1) is 6.92 Å². The molecule has 0 saturated heterocycles. The number of ketones is 1. The van der Waals surface area contributed by atoms with Gasteiger partial charge in [0.2, 0.25) is 0 Å². The van der Waals surface area contributed by atoms with Crippen molar-refractivity contribution in [2.75, 3.05) is 0 Å². The van der Waals surface area contributed by atoms with Crippen molar-refractivity contribution >= 4 is 29.0 Å². The van der Waals surface area contributed by atoms with Gasteiger partial charge in [-0.2, -0.15) is 0 Å². The molecule has 0 aliphatic heterocycles. The van der Waals surface area contributed by atoms with Crippen molar-refractivity contribution in [1.82, 2.24) is 9.55 Å². The average Bonchev–Trinajstić information content (AvgIpc) is 2.64. The summed E-state index contributed by atoms with van der Waals surface area (Å²) >= 11 is 11.8. The summed E-state index contributed by atoms with van der Waals surface area (Å²) in [7, 11) is 0. The van der Waals surface area contributed by atoms with Gasteiger partial charge in [-0.3, -0.25) is 4.79 Å². The van der Waals surface area contributed by atoms with Gasteiger partial charge in [0.05, 0.1) is 11.6 Å². The lowest BCUT2D eigenvalue weighted by atomic mass is 10.1. The highest BCUT2D eigenvalue weighted by molar-refractivity contribution is 6.36. The number of benzene rings is 1. The zero-order valence-electron chi connectivity index (χ0n) is 9.15. The zero-order chi connectivity index (χ0) is 12.4. The van der Waals surface area contributed by atoms with E-state index in [0.29, 0.717) is 15.6 Å².